The van der Waals surface area contributed by atoms with E-state index < -0.39 is 24.0 Å². The molecule has 3 N–H and O–H groups in total. The topological polar surface area (TPSA) is 122 Å². The Morgan fingerprint density at radius 1 is 1.19 bits per heavy atom. The number of carbonyl (C=O) groups is 2. The van der Waals surface area contributed by atoms with E-state index in [0.29, 0.717) is 5.56 Å². The minimum Gasteiger partial charge on any atom is -0.507 e. The Balaban J connectivity index is 1.57. The Morgan fingerprint density at radius 2 is 1.94 bits per heavy atom. The van der Waals surface area contributed by atoms with Crippen molar-refractivity contribution in [1.29, 1.82) is 0 Å². The molecule has 3 aromatic rings. The van der Waals surface area contributed by atoms with E-state index in [1.165, 1.54) is 11.3 Å². The number of aliphatic carboxylic acids is 1. The van der Waals surface area contributed by atoms with Crippen molar-refractivity contribution in [2.24, 2.45) is 0 Å². The minimum absolute atomic E-state index is 0.106. The lowest BCUT2D eigenvalue weighted by Gasteiger charge is -2.23. The van der Waals surface area contributed by atoms with E-state index in [2.05, 4.69) is 10.3 Å². The predicted octanol–water partition coefficient (Wildman–Crippen LogP) is 2.90. The van der Waals surface area contributed by atoms with Crippen molar-refractivity contribution in [2.75, 3.05) is 6.54 Å². The van der Waals surface area contributed by atoms with E-state index in [1.807, 2.05) is 30.3 Å². The van der Waals surface area contributed by atoms with E-state index in [1.54, 1.807) is 10.8 Å². The number of carboxylic acid groups (broad SMARTS) is 1. The van der Waals surface area contributed by atoms with Gasteiger partial charge >= 0.3 is 5.97 Å². The van der Waals surface area contributed by atoms with Gasteiger partial charge in [-0.05, 0) is 25.2 Å². The number of pyridine rings is 1. The molecular formula is C23H21N3O5S. The summed E-state index contributed by atoms with van der Waals surface area (Å²) in [6, 6.07) is 9.75. The van der Waals surface area contributed by atoms with Crippen LogP contribution in [-0.4, -0.2) is 38.2 Å². The smallest absolute Gasteiger partial charge is 0.322 e. The minimum atomic E-state index is -1.23. The molecule has 0 radical (unpaired) electrons. The Labute approximate surface area is 187 Å². The van der Waals surface area contributed by atoms with Crippen LogP contribution in [-0.2, 0) is 11.3 Å². The molecule has 2 aliphatic carbocycles. The van der Waals surface area contributed by atoms with Crippen LogP contribution < -0.4 is 10.9 Å². The van der Waals surface area contributed by atoms with E-state index in [9.17, 15) is 19.5 Å². The molecule has 2 aromatic heterocycles. The zero-order valence-corrected chi connectivity index (χ0v) is 17.9. The maximum Gasteiger partial charge on any atom is 0.322 e. The van der Waals surface area contributed by atoms with Gasteiger partial charge in [-0.25, -0.2) is 4.98 Å². The van der Waals surface area contributed by atoms with E-state index in [-0.39, 0.29) is 29.7 Å². The predicted molar refractivity (Wildman–Crippen MR) is 118 cm³/mol. The summed E-state index contributed by atoms with van der Waals surface area (Å²) in [5.41, 5.74) is 1.46. The lowest BCUT2D eigenvalue weighted by molar-refractivity contribution is -0.135. The maximum absolute atomic E-state index is 13.4. The first-order valence-corrected chi connectivity index (χ1v) is 11.2. The molecule has 1 fully saturated rings. The molecule has 0 spiro atoms. The van der Waals surface area contributed by atoms with Crippen molar-refractivity contribution in [2.45, 2.75) is 37.6 Å². The third-order valence-electron chi connectivity index (χ3n) is 6.26. The van der Waals surface area contributed by atoms with E-state index in [0.717, 1.165) is 40.4 Å². The second-order valence-corrected chi connectivity index (χ2v) is 9.31. The van der Waals surface area contributed by atoms with Gasteiger partial charge < -0.3 is 20.1 Å². The lowest BCUT2D eigenvalue weighted by Crippen LogP contribution is -2.37. The number of hydrogen-bond donors (Lipinski definition) is 3. The van der Waals surface area contributed by atoms with Gasteiger partial charge in [0.15, 0.2) is 0 Å². The van der Waals surface area contributed by atoms with Crippen molar-refractivity contribution >= 4 is 23.2 Å². The SMILES string of the molecule is O=C(O)CNC(=O)c1c(O)c2c(n(Cc3cnc(-c4ccccc4)s3)c1=O)C1CCC2C1. The molecule has 1 amide bonds. The van der Waals surface area contributed by atoms with Gasteiger partial charge in [0.2, 0.25) is 0 Å². The van der Waals surface area contributed by atoms with Gasteiger partial charge in [0.25, 0.3) is 11.5 Å². The fraction of sp³-hybridized carbons (Fsp3) is 0.304. The number of thiazole rings is 1. The fourth-order valence-electron chi connectivity index (χ4n) is 4.94. The van der Waals surface area contributed by atoms with Crippen LogP contribution in [0, 0.1) is 0 Å². The first-order valence-electron chi connectivity index (χ1n) is 10.4. The quantitative estimate of drug-likeness (QED) is 0.530. The third-order valence-corrected chi connectivity index (χ3v) is 7.29. The molecular weight excluding hydrogens is 430 g/mol. The second kappa shape index (κ2) is 7.90. The Hall–Kier alpha value is -3.46. The number of hydrogen-bond acceptors (Lipinski definition) is 6. The van der Waals surface area contributed by atoms with E-state index >= 15 is 0 Å². The molecule has 32 heavy (non-hydrogen) atoms. The van der Waals surface area contributed by atoms with Crippen LogP contribution in [0.25, 0.3) is 10.6 Å². The molecule has 5 rings (SSSR count). The molecule has 9 heteroatoms. The standard InChI is InChI=1S/C23H21N3O5S/c27-16(28)10-24-21(30)18-20(29)17-13-6-7-14(8-13)19(17)26(23(18)31)11-15-9-25-22(32-15)12-4-2-1-3-5-12/h1-5,9,13-14,29H,6-8,10-11H2,(H,24,30)(H,27,28). The van der Waals surface area contributed by atoms with Gasteiger partial charge in [-0.3, -0.25) is 14.4 Å². The number of carboxylic acids is 1. The highest BCUT2D eigenvalue weighted by molar-refractivity contribution is 7.15. The highest BCUT2D eigenvalue weighted by Crippen LogP contribution is 2.55. The number of benzene rings is 1. The van der Waals surface area contributed by atoms with Gasteiger partial charge in [-0.1, -0.05) is 30.3 Å². The molecule has 2 atom stereocenters. The van der Waals surface area contributed by atoms with Gasteiger partial charge in [-0.2, -0.15) is 0 Å². The maximum atomic E-state index is 13.4. The molecule has 2 heterocycles. The number of aromatic nitrogens is 2. The van der Waals surface area contributed by atoms with Crippen LogP contribution >= 0.6 is 11.3 Å². The number of fused-ring (bicyclic) bond motifs is 5. The average Bonchev–Trinajstić information content (AvgIpc) is 3.52. The molecule has 1 saturated carbocycles. The fourth-order valence-corrected chi connectivity index (χ4v) is 5.85. The summed E-state index contributed by atoms with van der Waals surface area (Å²) in [5.74, 6) is -2.12. The summed E-state index contributed by atoms with van der Waals surface area (Å²) in [6.45, 7) is -0.384. The summed E-state index contributed by atoms with van der Waals surface area (Å²) in [7, 11) is 0. The highest BCUT2D eigenvalue weighted by Gasteiger charge is 2.43. The van der Waals surface area contributed by atoms with Crippen molar-refractivity contribution in [3.63, 3.8) is 0 Å². The summed E-state index contributed by atoms with van der Waals surface area (Å²) in [6.07, 6.45) is 4.42. The van der Waals surface area contributed by atoms with Crippen LogP contribution in [0.3, 0.4) is 0 Å². The molecule has 2 bridgehead atoms. The van der Waals surface area contributed by atoms with Crippen LogP contribution in [0.1, 0.15) is 57.6 Å². The molecule has 0 saturated heterocycles. The highest BCUT2D eigenvalue weighted by atomic mass is 32.1. The Bertz CT molecular complexity index is 1280. The zero-order valence-electron chi connectivity index (χ0n) is 17.1. The number of carbonyl (C=O) groups excluding carboxylic acids is 1. The number of nitrogens with one attached hydrogen (secondary N) is 1. The van der Waals surface area contributed by atoms with Crippen molar-refractivity contribution in [3.8, 4) is 16.3 Å². The number of nitrogens with zero attached hydrogens (tertiary/aromatic N) is 2. The van der Waals surface area contributed by atoms with Crippen LogP contribution in [0.2, 0.25) is 0 Å². The molecule has 2 aliphatic rings. The van der Waals surface area contributed by atoms with Gasteiger partial charge in [0.1, 0.15) is 22.9 Å². The van der Waals surface area contributed by atoms with Crippen LogP contribution in [0.15, 0.2) is 41.3 Å². The Kier molecular flexibility index (Phi) is 5.05. The molecule has 8 nitrogen and oxygen atoms in total. The molecule has 164 valence electrons. The second-order valence-electron chi connectivity index (χ2n) is 8.19. The lowest BCUT2D eigenvalue weighted by atomic mass is 9.92. The summed E-state index contributed by atoms with van der Waals surface area (Å²) in [4.78, 5) is 42.2. The number of rotatable bonds is 6. The van der Waals surface area contributed by atoms with Gasteiger partial charge in [-0.15, -0.1) is 11.3 Å². The largest absolute Gasteiger partial charge is 0.507 e. The first-order chi connectivity index (χ1) is 15.4. The monoisotopic (exact) mass is 451 g/mol. The summed E-state index contributed by atoms with van der Waals surface area (Å²) >= 11 is 1.48. The summed E-state index contributed by atoms with van der Waals surface area (Å²) < 4.78 is 1.58. The summed E-state index contributed by atoms with van der Waals surface area (Å²) in [5, 5.41) is 22.8. The van der Waals surface area contributed by atoms with Crippen LogP contribution in [0.5, 0.6) is 5.75 Å². The number of amides is 1. The normalized spacial score (nSPS) is 18.5. The molecule has 0 aliphatic heterocycles. The van der Waals surface area contributed by atoms with Gasteiger partial charge in [0.05, 0.1) is 6.54 Å². The molecule has 1 aromatic carbocycles. The van der Waals surface area contributed by atoms with Crippen LogP contribution in [0.4, 0.5) is 0 Å². The number of aromatic hydroxyl groups is 1. The van der Waals surface area contributed by atoms with Gasteiger partial charge in [0, 0.05) is 33.8 Å². The van der Waals surface area contributed by atoms with Crippen molar-refractivity contribution in [3.05, 3.63) is 68.6 Å². The average molecular weight is 452 g/mol. The molecule has 2 unspecified atom stereocenters. The van der Waals surface area contributed by atoms with Crippen molar-refractivity contribution in [1.82, 2.24) is 14.9 Å². The Morgan fingerprint density at radius 3 is 2.69 bits per heavy atom. The van der Waals surface area contributed by atoms with Crippen molar-refractivity contribution < 1.29 is 19.8 Å². The third kappa shape index (κ3) is 3.38. The van der Waals surface area contributed by atoms with E-state index in [4.69, 9.17) is 5.11 Å². The zero-order chi connectivity index (χ0) is 22.4. The first kappa shape index (κ1) is 20.4.